The van der Waals surface area contributed by atoms with Crippen molar-refractivity contribution in [3.05, 3.63) is 0 Å². The summed E-state index contributed by atoms with van der Waals surface area (Å²) < 4.78 is 27.0. The number of alkyl halides is 1. The lowest BCUT2D eigenvalue weighted by molar-refractivity contribution is -0.139. The molecule has 6 heteroatoms. The Morgan fingerprint density at radius 1 is 1.36 bits per heavy atom. The van der Waals surface area contributed by atoms with E-state index in [2.05, 4.69) is 4.74 Å². The summed E-state index contributed by atoms with van der Waals surface area (Å²) in [5.74, 6) is -0.769. The van der Waals surface area contributed by atoms with Crippen LogP contribution in [0.15, 0.2) is 0 Å². The van der Waals surface area contributed by atoms with Gasteiger partial charge in [-0.15, -0.1) is 11.6 Å². The highest BCUT2D eigenvalue weighted by molar-refractivity contribution is 7.92. The van der Waals surface area contributed by atoms with Crippen LogP contribution in [-0.2, 0) is 19.4 Å². The Bertz CT molecular complexity index is 261. The molecule has 0 fully saturated rings. The number of halogens is 1. The predicted octanol–water partition coefficient (Wildman–Crippen LogP) is 0.983. The van der Waals surface area contributed by atoms with E-state index >= 15 is 0 Å². The van der Waals surface area contributed by atoms with Crippen LogP contribution in [0.3, 0.4) is 0 Å². The first-order valence-corrected chi connectivity index (χ1v) is 6.79. The average molecular weight is 243 g/mol. The molecule has 0 radical (unpaired) electrons. The molecule has 0 rings (SSSR count). The van der Waals surface area contributed by atoms with E-state index in [-0.39, 0.29) is 12.4 Å². The van der Waals surface area contributed by atoms with E-state index in [1.54, 1.807) is 6.92 Å². The highest BCUT2D eigenvalue weighted by atomic mass is 35.5. The molecule has 0 bridgehead atoms. The van der Waals surface area contributed by atoms with E-state index in [0.29, 0.717) is 18.7 Å². The monoisotopic (exact) mass is 242 g/mol. The Morgan fingerprint density at radius 3 is 2.50 bits per heavy atom. The number of carbonyl (C=O) groups excluding carboxylic acids is 1. The molecule has 14 heavy (non-hydrogen) atoms. The number of esters is 1. The zero-order valence-electron chi connectivity index (χ0n) is 8.16. The highest BCUT2D eigenvalue weighted by Crippen LogP contribution is 1.99. The summed E-state index contributed by atoms with van der Waals surface area (Å²) in [5.41, 5.74) is 0. The van der Waals surface area contributed by atoms with Gasteiger partial charge in [0.1, 0.15) is 5.75 Å². The van der Waals surface area contributed by atoms with E-state index in [1.165, 1.54) is 0 Å². The standard InChI is InChI=1S/C8H15ClO4S/c1-2-13-8(10)7-14(11,12)6-4-3-5-9/h2-7H2,1H3. The Kier molecular flexibility index (Phi) is 6.92. The predicted molar refractivity (Wildman–Crippen MR) is 55.2 cm³/mol. The van der Waals surface area contributed by atoms with Crippen LogP contribution in [0.5, 0.6) is 0 Å². The first-order valence-electron chi connectivity index (χ1n) is 4.44. The maximum atomic E-state index is 11.2. The van der Waals surface area contributed by atoms with Crippen LogP contribution in [0.1, 0.15) is 19.8 Å². The van der Waals surface area contributed by atoms with Crippen molar-refractivity contribution >= 4 is 27.4 Å². The number of hydrogen-bond donors (Lipinski definition) is 0. The number of hydrogen-bond acceptors (Lipinski definition) is 4. The minimum absolute atomic E-state index is 0.00145. The van der Waals surface area contributed by atoms with Gasteiger partial charge in [-0.3, -0.25) is 4.79 Å². The second-order valence-electron chi connectivity index (χ2n) is 2.79. The quantitative estimate of drug-likeness (QED) is 0.379. The van der Waals surface area contributed by atoms with Gasteiger partial charge < -0.3 is 4.74 Å². The van der Waals surface area contributed by atoms with Crippen molar-refractivity contribution in [3.8, 4) is 0 Å². The largest absolute Gasteiger partial charge is 0.465 e. The molecule has 0 N–H and O–H groups in total. The first kappa shape index (κ1) is 13.7. The zero-order valence-corrected chi connectivity index (χ0v) is 9.73. The maximum Gasteiger partial charge on any atom is 0.321 e. The summed E-state index contributed by atoms with van der Waals surface area (Å²) in [5, 5.41) is 0. The lowest BCUT2D eigenvalue weighted by Gasteiger charge is -2.03. The fraction of sp³-hybridized carbons (Fsp3) is 0.875. The van der Waals surface area contributed by atoms with Crippen molar-refractivity contribution in [2.75, 3.05) is 24.0 Å². The van der Waals surface area contributed by atoms with Gasteiger partial charge in [-0.1, -0.05) is 0 Å². The number of rotatable bonds is 7. The van der Waals surface area contributed by atoms with Gasteiger partial charge >= 0.3 is 5.97 Å². The van der Waals surface area contributed by atoms with Gasteiger partial charge in [-0.25, -0.2) is 8.42 Å². The number of ether oxygens (including phenoxy) is 1. The molecule has 0 aliphatic rings. The second-order valence-corrected chi connectivity index (χ2v) is 5.36. The molecular weight excluding hydrogens is 228 g/mol. The molecular formula is C8H15ClO4S. The fourth-order valence-corrected chi connectivity index (χ4v) is 2.29. The van der Waals surface area contributed by atoms with Crippen molar-refractivity contribution < 1.29 is 17.9 Å². The summed E-state index contributed by atoms with van der Waals surface area (Å²) in [6.45, 7) is 1.84. The van der Waals surface area contributed by atoms with Crippen LogP contribution < -0.4 is 0 Å². The van der Waals surface area contributed by atoms with Crippen LogP contribution in [-0.4, -0.2) is 38.4 Å². The number of unbranched alkanes of at least 4 members (excludes halogenated alkanes) is 1. The smallest absolute Gasteiger partial charge is 0.321 e. The van der Waals surface area contributed by atoms with Crippen LogP contribution in [0.25, 0.3) is 0 Å². The maximum absolute atomic E-state index is 11.2. The molecule has 0 unspecified atom stereocenters. The molecule has 0 aromatic rings. The number of carbonyl (C=O) groups is 1. The van der Waals surface area contributed by atoms with Crippen LogP contribution in [0.2, 0.25) is 0 Å². The number of sulfone groups is 1. The minimum atomic E-state index is -3.31. The molecule has 0 atom stereocenters. The Balaban J connectivity index is 3.89. The van der Waals surface area contributed by atoms with Crippen molar-refractivity contribution in [2.45, 2.75) is 19.8 Å². The third-order valence-electron chi connectivity index (χ3n) is 1.48. The van der Waals surface area contributed by atoms with Gasteiger partial charge in [0.15, 0.2) is 9.84 Å². The van der Waals surface area contributed by atoms with Crippen molar-refractivity contribution in [1.29, 1.82) is 0 Å². The Morgan fingerprint density at radius 2 is 2.00 bits per heavy atom. The van der Waals surface area contributed by atoms with Crippen LogP contribution in [0.4, 0.5) is 0 Å². The SMILES string of the molecule is CCOC(=O)CS(=O)(=O)CCCCCl. The zero-order chi connectivity index (χ0) is 11.0. The van der Waals surface area contributed by atoms with E-state index in [0.717, 1.165) is 0 Å². The van der Waals surface area contributed by atoms with Gasteiger partial charge in [0.25, 0.3) is 0 Å². The third kappa shape index (κ3) is 7.15. The van der Waals surface area contributed by atoms with Gasteiger partial charge in [-0.05, 0) is 19.8 Å². The Labute approximate surface area is 89.5 Å². The lowest BCUT2D eigenvalue weighted by Crippen LogP contribution is -2.21. The van der Waals surface area contributed by atoms with E-state index < -0.39 is 21.6 Å². The van der Waals surface area contributed by atoms with Crippen molar-refractivity contribution in [2.24, 2.45) is 0 Å². The van der Waals surface area contributed by atoms with Gasteiger partial charge in [0.2, 0.25) is 0 Å². The molecule has 0 saturated heterocycles. The molecule has 0 aliphatic carbocycles. The van der Waals surface area contributed by atoms with Crippen molar-refractivity contribution in [3.63, 3.8) is 0 Å². The van der Waals surface area contributed by atoms with Crippen LogP contribution >= 0.6 is 11.6 Å². The average Bonchev–Trinajstić information content (AvgIpc) is 2.03. The first-order chi connectivity index (χ1) is 6.52. The summed E-state index contributed by atoms with van der Waals surface area (Å²) in [4.78, 5) is 10.9. The van der Waals surface area contributed by atoms with Gasteiger partial charge in [0.05, 0.1) is 12.4 Å². The molecule has 0 aromatic carbocycles. The summed E-state index contributed by atoms with van der Waals surface area (Å²) in [6, 6.07) is 0. The topological polar surface area (TPSA) is 60.4 Å². The normalized spacial score (nSPS) is 11.3. The van der Waals surface area contributed by atoms with Crippen molar-refractivity contribution in [1.82, 2.24) is 0 Å². The molecule has 0 heterocycles. The van der Waals surface area contributed by atoms with Crippen LogP contribution in [0, 0.1) is 0 Å². The molecule has 4 nitrogen and oxygen atoms in total. The summed E-state index contributed by atoms with van der Waals surface area (Å²) >= 11 is 5.40. The molecule has 0 aliphatic heterocycles. The summed E-state index contributed by atoms with van der Waals surface area (Å²) in [7, 11) is -3.31. The summed E-state index contributed by atoms with van der Waals surface area (Å²) in [6.07, 6.45) is 1.13. The molecule has 0 spiro atoms. The van der Waals surface area contributed by atoms with Gasteiger partial charge in [-0.2, -0.15) is 0 Å². The van der Waals surface area contributed by atoms with E-state index in [4.69, 9.17) is 11.6 Å². The lowest BCUT2D eigenvalue weighted by atomic mass is 10.4. The van der Waals surface area contributed by atoms with Gasteiger partial charge in [0, 0.05) is 5.88 Å². The second kappa shape index (κ2) is 7.06. The van der Waals surface area contributed by atoms with E-state index in [1.807, 2.05) is 0 Å². The molecule has 0 aromatic heterocycles. The fourth-order valence-electron chi connectivity index (χ4n) is 0.871. The molecule has 84 valence electrons. The minimum Gasteiger partial charge on any atom is -0.465 e. The molecule has 0 saturated carbocycles. The molecule has 0 amide bonds. The Hall–Kier alpha value is -0.290. The van der Waals surface area contributed by atoms with E-state index in [9.17, 15) is 13.2 Å². The third-order valence-corrected chi connectivity index (χ3v) is 3.34. The highest BCUT2D eigenvalue weighted by Gasteiger charge is 2.16.